The van der Waals surface area contributed by atoms with Gasteiger partial charge >= 0.3 is 5.97 Å². The monoisotopic (exact) mass is 444 g/mol. The number of anilines is 1. The predicted molar refractivity (Wildman–Crippen MR) is 117 cm³/mol. The number of carboxylic acids is 1. The predicted octanol–water partition coefficient (Wildman–Crippen LogP) is 6.30. The third-order valence-electron chi connectivity index (χ3n) is 5.38. The molecule has 0 amide bonds. The first kappa shape index (κ1) is 20.6. The molecule has 2 atom stereocenters. The summed E-state index contributed by atoms with van der Waals surface area (Å²) in [6.45, 7) is 2.15. The zero-order chi connectivity index (χ0) is 21.4. The summed E-state index contributed by atoms with van der Waals surface area (Å²) < 4.78 is 14.4. The molecular weight excluding hydrogens is 426 g/mol. The Labute approximate surface area is 183 Å². The fraction of sp³-hybridized carbons (Fsp3) is 0.217. The summed E-state index contributed by atoms with van der Waals surface area (Å²) in [7, 11) is 0. The van der Waals surface area contributed by atoms with Crippen LogP contribution in [0.3, 0.4) is 0 Å². The number of nitrogens with zero attached hydrogens (tertiary/aromatic N) is 1. The molecule has 1 fully saturated rings. The van der Waals surface area contributed by atoms with Gasteiger partial charge in [-0.15, -0.1) is 0 Å². The van der Waals surface area contributed by atoms with Gasteiger partial charge in [-0.25, -0.2) is 4.39 Å². The Morgan fingerprint density at radius 1 is 1.23 bits per heavy atom. The molecule has 0 spiro atoms. The van der Waals surface area contributed by atoms with Crippen LogP contribution in [0.1, 0.15) is 29.2 Å². The van der Waals surface area contributed by atoms with Gasteiger partial charge in [-0.3, -0.25) is 9.78 Å². The van der Waals surface area contributed by atoms with Crippen molar-refractivity contribution in [3.05, 3.63) is 81.3 Å². The fourth-order valence-corrected chi connectivity index (χ4v) is 4.10. The van der Waals surface area contributed by atoms with Crippen LogP contribution in [0, 0.1) is 18.7 Å². The first-order chi connectivity index (χ1) is 14.3. The summed E-state index contributed by atoms with van der Waals surface area (Å²) in [5.41, 5.74) is 4.29. The molecule has 1 aliphatic rings. The topological polar surface area (TPSA) is 62.2 Å². The van der Waals surface area contributed by atoms with Crippen molar-refractivity contribution in [2.75, 3.05) is 5.32 Å². The largest absolute Gasteiger partial charge is 0.481 e. The van der Waals surface area contributed by atoms with Crippen molar-refractivity contribution in [1.82, 2.24) is 4.98 Å². The number of hydrogen-bond acceptors (Lipinski definition) is 3. The molecule has 4 nitrogen and oxygen atoms in total. The molecular formula is C23H19Cl2FN2O2. The van der Waals surface area contributed by atoms with Crippen LogP contribution in [-0.2, 0) is 11.3 Å². The minimum absolute atomic E-state index is 0.0190. The van der Waals surface area contributed by atoms with Gasteiger partial charge in [-0.05, 0) is 54.8 Å². The maximum Gasteiger partial charge on any atom is 0.307 e. The molecule has 1 heterocycles. The summed E-state index contributed by atoms with van der Waals surface area (Å²) >= 11 is 12.8. The Balaban J connectivity index is 1.50. The van der Waals surface area contributed by atoms with E-state index in [2.05, 4.69) is 10.3 Å². The van der Waals surface area contributed by atoms with Crippen molar-refractivity contribution < 1.29 is 14.3 Å². The fourth-order valence-electron chi connectivity index (χ4n) is 3.51. The van der Waals surface area contributed by atoms with Gasteiger partial charge in [0, 0.05) is 34.3 Å². The number of aliphatic carboxylic acids is 1. The molecule has 1 aliphatic carbocycles. The highest BCUT2D eigenvalue weighted by Gasteiger charge is 2.45. The first-order valence-electron chi connectivity index (χ1n) is 9.51. The van der Waals surface area contributed by atoms with Crippen molar-refractivity contribution in [2.45, 2.75) is 25.8 Å². The number of aryl methyl sites for hydroxylation is 1. The molecule has 2 N–H and O–H groups in total. The van der Waals surface area contributed by atoms with E-state index in [0.29, 0.717) is 27.6 Å². The van der Waals surface area contributed by atoms with E-state index in [1.54, 1.807) is 24.4 Å². The molecule has 0 unspecified atom stereocenters. The highest BCUT2D eigenvalue weighted by atomic mass is 35.5. The van der Waals surface area contributed by atoms with Crippen LogP contribution in [0.5, 0.6) is 0 Å². The average Bonchev–Trinajstić information content (AvgIpc) is 3.53. The summed E-state index contributed by atoms with van der Waals surface area (Å²) in [6.07, 6.45) is 2.26. The van der Waals surface area contributed by atoms with Crippen molar-refractivity contribution in [2.24, 2.45) is 5.92 Å². The molecule has 2 aromatic carbocycles. The number of carbonyl (C=O) groups is 1. The van der Waals surface area contributed by atoms with Crippen LogP contribution < -0.4 is 5.32 Å². The zero-order valence-corrected chi connectivity index (χ0v) is 17.6. The van der Waals surface area contributed by atoms with Crippen molar-refractivity contribution in [1.29, 1.82) is 0 Å². The molecule has 154 valence electrons. The van der Waals surface area contributed by atoms with Gasteiger partial charge in [0.25, 0.3) is 0 Å². The average molecular weight is 445 g/mol. The molecule has 1 aromatic heterocycles. The number of carboxylic acid groups (broad SMARTS) is 1. The van der Waals surface area contributed by atoms with Crippen LogP contribution in [0.25, 0.3) is 11.1 Å². The van der Waals surface area contributed by atoms with Gasteiger partial charge in [-0.1, -0.05) is 35.3 Å². The Kier molecular flexibility index (Phi) is 5.67. The molecule has 0 bridgehead atoms. The zero-order valence-electron chi connectivity index (χ0n) is 16.1. The van der Waals surface area contributed by atoms with E-state index in [1.807, 2.05) is 25.1 Å². The highest BCUT2D eigenvalue weighted by molar-refractivity contribution is 6.39. The molecule has 4 rings (SSSR count). The number of nitrogens with one attached hydrogen (secondary N) is 1. The van der Waals surface area contributed by atoms with Crippen molar-refractivity contribution in [3.8, 4) is 11.1 Å². The maximum absolute atomic E-state index is 14.4. The van der Waals surface area contributed by atoms with Gasteiger partial charge in [0.1, 0.15) is 5.82 Å². The lowest BCUT2D eigenvalue weighted by atomic mass is 10.0. The lowest BCUT2D eigenvalue weighted by Crippen LogP contribution is -2.04. The van der Waals surface area contributed by atoms with E-state index in [9.17, 15) is 9.18 Å². The quantitative estimate of drug-likeness (QED) is 0.467. The summed E-state index contributed by atoms with van der Waals surface area (Å²) in [6, 6.07) is 12.1. The van der Waals surface area contributed by atoms with Crippen molar-refractivity contribution >= 4 is 34.9 Å². The number of pyridine rings is 1. The van der Waals surface area contributed by atoms with Crippen LogP contribution >= 0.6 is 23.2 Å². The van der Waals surface area contributed by atoms with E-state index >= 15 is 0 Å². The summed E-state index contributed by atoms with van der Waals surface area (Å²) in [5.74, 6) is -1.48. The van der Waals surface area contributed by atoms with Gasteiger partial charge in [0.2, 0.25) is 0 Å². The van der Waals surface area contributed by atoms with Gasteiger partial charge in [-0.2, -0.15) is 0 Å². The van der Waals surface area contributed by atoms with E-state index in [1.165, 1.54) is 6.07 Å². The standard InChI is InChI=1S/C23H19Cl2FN2O2/c1-12-2-5-18(24)21(22(12)25)13-3-6-19(26)14(8-13)10-27-15-4-7-20(28-11-15)16-9-17(16)23(29)30/h2-8,11,16-17,27H,9-10H2,1H3,(H,29,30)/t16-,17-/m0/s1. The second-order valence-electron chi connectivity index (χ2n) is 7.47. The molecule has 3 aromatic rings. The third kappa shape index (κ3) is 4.13. The molecule has 30 heavy (non-hydrogen) atoms. The van der Waals surface area contributed by atoms with E-state index in [4.69, 9.17) is 28.3 Å². The van der Waals surface area contributed by atoms with Crippen LogP contribution in [0.4, 0.5) is 10.1 Å². The molecule has 1 saturated carbocycles. The number of benzene rings is 2. The normalized spacial score (nSPS) is 17.6. The maximum atomic E-state index is 14.4. The van der Waals surface area contributed by atoms with E-state index in [-0.39, 0.29) is 24.2 Å². The van der Waals surface area contributed by atoms with Crippen molar-refractivity contribution in [3.63, 3.8) is 0 Å². The van der Waals surface area contributed by atoms with Gasteiger partial charge in [0.15, 0.2) is 0 Å². The Hall–Kier alpha value is -2.63. The molecule has 0 saturated heterocycles. The van der Waals surface area contributed by atoms with E-state index < -0.39 is 5.97 Å². The summed E-state index contributed by atoms with van der Waals surface area (Å²) in [5, 5.41) is 13.3. The second kappa shape index (κ2) is 8.25. The van der Waals surface area contributed by atoms with Gasteiger partial charge < -0.3 is 10.4 Å². The number of aromatic nitrogens is 1. The number of halogens is 3. The second-order valence-corrected chi connectivity index (χ2v) is 8.26. The summed E-state index contributed by atoms with van der Waals surface area (Å²) in [4.78, 5) is 15.4. The third-order valence-corrected chi connectivity index (χ3v) is 6.18. The highest BCUT2D eigenvalue weighted by Crippen LogP contribution is 2.46. The number of rotatable bonds is 6. The van der Waals surface area contributed by atoms with Crippen LogP contribution in [0.15, 0.2) is 48.7 Å². The smallest absolute Gasteiger partial charge is 0.307 e. The molecule has 7 heteroatoms. The minimum atomic E-state index is -0.784. The van der Waals surface area contributed by atoms with E-state index in [0.717, 1.165) is 22.5 Å². The molecule has 0 radical (unpaired) electrons. The lowest BCUT2D eigenvalue weighted by Gasteiger charge is -2.13. The lowest BCUT2D eigenvalue weighted by molar-refractivity contribution is -0.138. The van der Waals surface area contributed by atoms with Gasteiger partial charge in [0.05, 0.1) is 22.8 Å². The van der Waals surface area contributed by atoms with Crippen LogP contribution in [0.2, 0.25) is 10.0 Å². The van der Waals surface area contributed by atoms with Crippen LogP contribution in [-0.4, -0.2) is 16.1 Å². The molecule has 0 aliphatic heterocycles. The Bertz CT molecular complexity index is 1120. The SMILES string of the molecule is Cc1ccc(Cl)c(-c2ccc(F)c(CNc3ccc([C@H]4C[C@@H]4C(=O)O)nc3)c2)c1Cl. The Morgan fingerprint density at radius 3 is 2.70 bits per heavy atom. The Morgan fingerprint density at radius 2 is 2.03 bits per heavy atom. The minimum Gasteiger partial charge on any atom is -0.481 e. The number of hydrogen-bond donors (Lipinski definition) is 2. The first-order valence-corrected chi connectivity index (χ1v) is 10.3.